The largest absolute Gasteiger partial charge is 0.497 e. The van der Waals surface area contributed by atoms with Crippen molar-refractivity contribution in [1.29, 1.82) is 0 Å². The number of ether oxygens (including phenoxy) is 2. The van der Waals surface area contributed by atoms with E-state index in [1.807, 2.05) is 12.1 Å². The molecule has 32 heavy (non-hydrogen) atoms. The van der Waals surface area contributed by atoms with E-state index in [4.69, 9.17) is 9.47 Å². The molecule has 2 aromatic carbocycles. The zero-order valence-electron chi connectivity index (χ0n) is 17.6. The van der Waals surface area contributed by atoms with Crippen LogP contribution in [-0.4, -0.2) is 39.0 Å². The molecule has 2 aromatic heterocycles. The summed E-state index contributed by atoms with van der Waals surface area (Å²) in [6.45, 7) is 1.67. The lowest BCUT2D eigenvalue weighted by atomic mass is 10.1. The summed E-state index contributed by atoms with van der Waals surface area (Å²) in [6, 6.07) is 11.8. The highest BCUT2D eigenvalue weighted by Crippen LogP contribution is 2.34. The van der Waals surface area contributed by atoms with Gasteiger partial charge in [0.1, 0.15) is 17.2 Å². The third kappa shape index (κ3) is 4.03. The normalized spacial score (nSPS) is 11.6. The molecule has 166 valence electrons. The Balaban J connectivity index is 1.65. The Hall–Kier alpha value is -3.82. The van der Waals surface area contributed by atoms with Crippen molar-refractivity contribution < 1.29 is 22.6 Å². The Morgan fingerprint density at radius 2 is 1.56 bits per heavy atom. The fraction of sp³-hybridized carbons (Fsp3) is 0.227. The second kappa shape index (κ2) is 8.37. The van der Waals surface area contributed by atoms with Gasteiger partial charge in [-0.3, -0.25) is 0 Å². The molecule has 0 amide bonds. The second-order valence-corrected chi connectivity index (χ2v) is 6.95. The lowest BCUT2D eigenvalue weighted by Crippen LogP contribution is -2.15. The maximum atomic E-state index is 13.5. The van der Waals surface area contributed by atoms with Gasteiger partial charge in [-0.05, 0) is 42.8 Å². The van der Waals surface area contributed by atoms with Crippen LogP contribution in [-0.2, 0) is 12.6 Å². The van der Waals surface area contributed by atoms with Gasteiger partial charge in [0, 0.05) is 17.2 Å². The quantitative estimate of drug-likeness (QED) is 0.432. The van der Waals surface area contributed by atoms with E-state index in [1.165, 1.54) is 10.9 Å². The zero-order valence-corrected chi connectivity index (χ0v) is 17.6. The van der Waals surface area contributed by atoms with Crippen LogP contribution < -0.4 is 9.47 Å². The third-order valence-corrected chi connectivity index (χ3v) is 4.99. The average Bonchev–Trinajstić information content (AvgIpc) is 3.46. The van der Waals surface area contributed by atoms with Gasteiger partial charge in [0.25, 0.3) is 0 Å². The molecule has 0 radical (unpaired) electrons. The summed E-state index contributed by atoms with van der Waals surface area (Å²) in [5.41, 5.74) is 1.67. The molecule has 0 saturated carbocycles. The van der Waals surface area contributed by atoms with Gasteiger partial charge in [-0.25, -0.2) is 9.36 Å². The van der Waals surface area contributed by atoms with Crippen LogP contribution in [0.2, 0.25) is 0 Å². The maximum absolute atomic E-state index is 13.5. The van der Waals surface area contributed by atoms with E-state index >= 15 is 0 Å². The van der Waals surface area contributed by atoms with Crippen LogP contribution in [0.4, 0.5) is 13.2 Å². The topological polar surface area (TPSA) is 67.0 Å². The number of aryl methyl sites for hydroxylation is 1. The lowest BCUT2D eigenvalue weighted by Gasteiger charge is -2.12. The van der Waals surface area contributed by atoms with Gasteiger partial charge >= 0.3 is 6.18 Å². The van der Waals surface area contributed by atoms with E-state index in [0.717, 1.165) is 10.2 Å². The first-order valence-corrected chi connectivity index (χ1v) is 9.74. The van der Waals surface area contributed by atoms with Crippen LogP contribution >= 0.6 is 0 Å². The first kappa shape index (κ1) is 21.4. The number of halogens is 3. The average molecular weight is 443 g/mol. The fourth-order valence-corrected chi connectivity index (χ4v) is 3.36. The van der Waals surface area contributed by atoms with Gasteiger partial charge in [0.05, 0.1) is 38.0 Å². The molecule has 0 aliphatic rings. The highest BCUT2D eigenvalue weighted by molar-refractivity contribution is 5.63. The summed E-state index contributed by atoms with van der Waals surface area (Å²) < 4.78 is 53.6. The molecular formula is C22H20F3N5O2. The molecule has 10 heteroatoms. The molecule has 0 atom stereocenters. The number of aromatic nitrogens is 5. The van der Waals surface area contributed by atoms with Crippen molar-refractivity contribution in [1.82, 2.24) is 24.8 Å². The summed E-state index contributed by atoms with van der Waals surface area (Å²) in [6.07, 6.45) is -1.29. The predicted molar refractivity (Wildman–Crippen MR) is 111 cm³/mol. The van der Waals surface area contributed by atoms with Crippen LogP contribution in [0.15, 0.2) is 54.9 Å². The first-order valence-electron chi connectivity index (χ1n) is 9.74. The highest BCUT2D eigenvalue weighted by Gasteiger charge is 2.38. The Kier molecular flexibility index (Phi) is 5.60. The molecule has 0 fully saturated rings. The van der Waals surface area contributed by atoms with Crippen molar-refractivity contribution in [2.24, 2.45) is 0 Å². The Bertz CT molecular complexity index is 1210. The monoisotopic (exact) mass is 443 g/mol. The predicted octanol–water partition coefficient (Wildman–Crippen LogP) is 4.72. The summed E-state index contributed by atoms with van der Waals surface area (Å²) in [5.74, 6) is 1.23. The van der Waals surface area contributed by atoms with E-state index in [-0.39, 0.29) is 12.0 Å². The number of hydrogen-bond donors (Lipinski definition) is 0. The van der Waals surface area contributed by atoms with E-state index < -0.39 is 11.9 Å². The molecule has 4 aromatic rings. The van der Waals surface area contributed by atoms with Gasteiger partial charge in [-0.2, -0.15) is 18.3 Å². The van der Waals surface area contributed by atoms with Crippen molar-refractivity contribution in [2.75, 3.05) is 14.2 Å². The van der Waals surface area contributed by atoms with Crippen LogP contribution in [0.1, 0.15) is 18.2 Å². The van der Waals surface area contributed by atoms with Gasteiger partial charge < -0.3 is 9.47 Å². The minimum atomic E-state index is -4.50. The third-order valence-electron chi connectivity index (χ3n) is 4.99. The number of alkyl halides is 3. The molecule has 0 N–H and O–H groups in total. The number of benzene rings is 2. The number of rotatable bonds is 6. The summed E-state index contributed by atoms with van der Waals surface area (Å²) in [7, 11) is 3.12. The van der Waals surface area contributed by atoms with E-state index in [9.17, 15) is 13.2 Å². The van der Waals surface area contributed by atoms with E-state index in [0.29, 0.717) is 28.6 Å². The fourth-order valence-electron chi connectivity index (χ4n) is 3.36. The summed E-state index contributed by atoms with van der Waals surface area (Å²) >= 11 is 0. The molecule has 0 unspecified atom stereocenters. The van der Waals surface area contributed by atoms with Gasteiger partial charge in [-0.15, -0.1) is 5.10 Å². The van der Waals surface area contributed by atoms with Crippen LogP contribution in [0.5, 0.6) is 11.5 Å². The lowest BCUT2D eigenvalue weighted by molar-refractivity contribution is -0.143. The zero-order chi connectivity index (χ0) is 22.9. The first-order chi connectivity index (χ1) is 15.3. The SMILES string of the molecule is CCc1cnn(-c2ccc(-n3cc(-c4cc(OC)cc(OC)c4)nn3)cc2)c1C(F)(F)F. The molecule has 0 aliphatic carbocycles. The smallest absolute Gasteiger partial charge is 0.433 e. The Morgan fingerprint density at radius 1 is 0.938 bits per heavy atom. The summed E-state index contributed by atoms with van der Waals surface area (Å²) in [4.78, 5) is 0. The molecular weight excluding hydrogens is 423 g/mol. The number of hydrogen-bond acceptors (Lipinski definition) is 5. The molecule has 0 aliphatic heterocycles. The maximum Gasteiger partial charge on any atom is 0.433 e. The van der Waals surface area contributed by atoms with Gasteiger partial charge in [-0.1, -0.05) is 12.1 Å². The molecule has 0 spiro atoms. The molecule has 4 rings (SSSR count). The molecule has 0 bridgehead atoms. The Labute approximate surface area is 182 Å². The van der Waals surface area contributed by atoms with Crippen molar-refractivity contribution in [3.8, 4) is 34.1 Å². The number of nitrogens with zero attached hydrogens (tertiary/aromatic N) is 5. The van der Waals surface area contributed by atoms with Crippen molar-refractivity contribution in [2.45, 2.75) is 19.5 Å². The van der Waals surface area contributed by atoms with Crippen molar-refractivity contribution in [3.05, 3.63) is 66.1 Å². The molecule has 7 nitrogen and oxygen atoms in total. The minimum Gasteiger partial charge on any atom is -0.497 e. The minimum absolute atomic E-state index is 0.149. The highest BCUT2D eigenvalue weighted by atomic mass is 19.4. The van der Waals surface area contributed by atoms with E-state index in [2.05, 4.69) is 15.4 Å². The summed E-state index contributed by atoms with van der Waals surface area (Å²) in [5, 5.41) is 12.3. The van der Waals surface area contributed by atoms with Crippen molar-refractivity contribution >= 4 is 0 Å². The van der Waals surface area contributed by atoms with Crippen LogP contribution in [0.3, 0.4) is 0 Å². The van der Waals surface area contributed by atoms with Crippen LogP contribution in [0, 0.1) is 0 Å². The van der Waals surface area contributed by atoms with Gasteiger partial charge in [0.15, 0.2) is 5.69 Å². The van der Waals surface area contributed by atoms with Gasteiger partial charge in [0.2, 0.25) is 0 Å². The van der Waals surface area contributed by atoms with Crippen LogP contribution in [0.25, 0.3) is 22.6 Å². The molecule has 2 heterocycles. The number of methoxy groups -OCH3 is 2. The Morgan fingerprint density at radius 3 is 2.12 bits per heavy atom. The molecule has 0 saturated heterocycles. The van der Waals surface area contributed by atoms with E-state index in [1.54, 1.807) is 57.7 Å². The van der Waals surface area contributed by atoms with Crippen molar-refractivity contribution in [3.63, 3.8) is 0 Å². The standard InChI is InChI=1S/C22H20F3N5O2/c1-4-14-12-26-30(21(14)22(23,24)25)17-7-5-16(6-8-17)29-13-20(27-28-29)15-9-18(31-2)11-19(10-15)32-3/h5-13H,4H2,1-3H3. The second-order valence-electron chi connectivity index (χ2n) is 6.95.